The van der Waals surface area contributed by atoms with Gasteiger partial charge in [-0.1, -0.05) is 0 Å². The minimum atomic E-state index is -5.84. The number of hydrogen-bond donors (Lipinski definition) is 2. The van der Waals surface area contributed by atoms with Gasteiger partial charge in [0.25, 0.3) is 0 Å². The summed E-state index contributed by atoms with van der Waals surface area (Å²) < 4.78 is 62.5. The van der Waals surface area contributed by atoms with Gasteiger partial charge in [0.1, 0.15) is 17.5 Å². The van der Waals surface area contributed by atoms with Crippen LogP contribution in [0.4, 0.5) is 13.2 Å². The summed E-state index contributed by atoms with van der Waals surface area (Å²) in [4.78, 5) is 0. The molecule has 0 aliphatic carbocycles. The van der Waals surface area contributed by atoms with E-state index in [4.69, 9.17) is 28.4 Å². The summed E-state index contributed by atoms with van der Waals surface area (Å²) in [7, 11) is -4.27. The number of alkyl halides is 3. The Kier molecular flexibility index (Phi) is 6.15. The van der Waals surface area contributed by atoms with Gasteiger partial charge < -0.3 is 4.74 Å². The zero-order valence-corrected chi connectivity index (χ0v) is 10.8. The second-order valence-electron chi connectivity index (χ2n) is 3.14. The van der Waals surface area contributed by atoms with Crippen LogP contribution in [0, 0.1) is 16.7 Å². The van der Waals surface area contributed by atoms with Crippen LogP contribution in [0.5, 0.6) is 5.75 Å². The highest BCUT2D eigenvalue weighted by Gasteiger charge is 2.44. The quantitative estimate of drug-likeness (QED) is 0.493. The SMILES string of the molecule is COc1ccc(C(=N)C#N)cc1.O=S(=O)(O)C(F)(F)F. The third-order valence-electron chi connectivity index (χ3n) is 1.78. The number of nitriles is 1. The van der Waals surface area contributed by atoms with Gasteiger partial charge in [-0.2, -0.15) is 26.9 Å². The van der Waals surface area contributed by atoms with Crippen LogP contribution in [-0.4, -0.2) is 31.3 Å². The predicted molar refractivity (Wildman–Crippen MR) is 63.0 cm³/mol. The molecule has 0 unspecified atom stereocenters. The molecule has 0 aliphatic rings. The van der Waals surface area contributed by atoms with Gasteiger partial charge in [0.2, 0.25) is 0 Å². The third-order valence-corrected chi connectivity index (χ3v) is 2.37. The zero-order valence-electron chi connectivity index (χ0n) is 9.97. The van der Waals surface area contributed by atoms with E-state index in [1.807, 2.05) is 0 Å². The highest BCUT2D eigenvalue weighted by atomic mass is 32.2. The van der Waals surface area contributed by atoms with Crippen LogP contribution in [0.2, 0.25) is 0 Å². The van der Waals surface area contributed by atoms with E-state index in [1.165, 1.54) is 0 Å². The topological polar surface area (TPSA) is 111 Å². The highest BCUT2D eigenvalue weighted by molar-refractivity contribution is 7.86. The number of rotatable bonds is 2. The molecule has 0 saturated carbocycles. The Morgan fingerprint density at radius 1 is 1.35 bits per heavy atom. The van der Waals surface area contributed by atoms with Crippen molar-refractivity contribution < 1.29 is 30.9 Å². The molecule has 2 N–H and O–H groups in total. The number of benzene rings is 1. The first kappa shape index (κ1) is 17.9. The molecule has 0 bridgehead atoms. The van der Waals surface area contributed by atoms with Crippen molar-refractivity contribution in [3.8, 4) is 11.8 Å². The minimum absolute atomic E-state index is 0.0300. The van der Waals surface area contributed by atoms with E-state index >= 15 is 0 Å². The summed E-state index contributed by atoms with van der Waals surface area (Å²) >= 11 is 0. The summed E-state index contributed by atoms with van der Waals surface area (Å²) in [5.41, 5.74) is -4.96. The maximum Gasteiger partial charge on any atom is 0.522 e. The Morgan fingerprint density at radius 2 is 1.75 bits per heavy atom. The Balaban J connectivity index is 0.000000396. The maximum atomic E-state index is 10.7. The van der Waals surface area contributed by atoms with Gasteiger partial charge >= 0.3 is 15.6 Å². The smallest absolute Gasteiger partial charge is 0.497 e. The molecule has 1 rings (SSSR count). The van der Waals surface area contributed by atoms with Crippen molar-refractivity contribution in [1.82, 2.24) is 0 Å². The summed E-state index contributed by atoms with van der Waals surface area (Å²) in [5.74, 6) is 0.726. The molecule has 10 heteroatoms. The summed E-state index contributed by atoms with van der Waals surface area (Å²) in [6, 6.07) is 8.58. The molecule has 110 valence electrons. The lowest BCUT2D eigenvalue weighted by atomic mass is 10.1. The molecule has 0 radical (unpaired) electrons. The summed E-state index contributed by atoms with van der Waals surface area (Å²) in [5, 5.41) is 15.6. The van der Waals surface area contributed by atoms with E-state index in [-0.39, 0.29) is 5.71 Å². The Morgan fingerprint density at radius 3 is 2.00 bits per heavy atom. The fourth-order valence-electron chi connectivity index (χ4n) is 0.822. The van der Waals surface area contributed by atoms with Crippen molar-refractivity contribution in [3.63, 3.8) is 0 Å². The lowest BCUT2D eigenvalue weighted by Gasteiger charge is -1.99. The Bertz CT molecular complexity index is 603. The van der Waals surface area contributed by atoms with Gasteiger partial charge in [0, 0.05) is 5.56 Å². The van der Waals surface area contributed by atoms with E-state index < -0.39 is 15.6 Å². The van der Waals surface area contributed by atoms with Crippen molar-refractivity contribution in [2.45, 2.75) is 5.51 Å². The Hall–Kier alpha value is -2.12. The standard InChI is InChI=1S/C9H8N2O.CHF3O3S/c1-12-8-4-2-7(3-5-8)9(11)6-10;2-1(3,4)8(5,6)7/h2-5,11H,1H3;(H,5,6,7). The van der Waals surface area contributed by atoms with Crippen molar-refractivity contribution in [3.05, 3.63) is 29.8 Å². The van der Waals surface area contributed by atoms with E-state index in [1.54, 1.807) is 37.4 Å². The van der Waals surface area contributed by atoms with Gasteiger partial charge in [0.15, 0.2) is 0 Å². The lowest BCUT2D eigenvalue weighted by Crippen LogP contribution is -2.21. The van der Waals surface area contributed by atoms with Crippen LogP contribution in [0.25, 0.3) is 0 Å². The maximum absolute atomic E-state index is 10.7. The van der Waals surface area contributed by atoms with Crippen molar-refractivity contribution in [2.24, 2.45) is 0 Å². The first-order chi connectivity index (χ1) is 9.02. The van der Waals surface area contributed by atoms with Crippen LogP contribution in [0.3, 0.4) is 0 Å². The number of nitrogens with zero attached hydrogens (tertiary/aromatic N) is 1. The fourth-order valence-corrected chi connectivity index (χ4v) is 0.822. The monoisotopic (exact) mass is 310 g/mol. The molecule has 1 aromatic rings. The van der Waals surface area contributed by atoms with Gasteiger partial charge in [-0.15, -0.1) is 0 Å². The third kappa shape index (κ3) is 5.68. The van der Waals surface area contributed by atoms with Crippen molar-refractivity contribution in [2.75, 3.05) is 7.11 Å². The molecular weight excluding hydrogens is 301 g/mol. The van der Waals surface area contributed by atoms with Crippen LogP contribution in [0.1, 0.15) is 5.56 Å². The average molecular weight is 310 g/mol. The fraction of sp³-hybridized carbons (Fsp3) is 0.200. The normalized spacial score (nSPS) is 10.8. The molecule has 0 heterocycles. The molecule has 0 atom stereocenters. The predicted octanol–water partition coefficient (Wildman–Crippen LogP) is 1.98. The van der Waals surface area contributed by atoms with Crippen molar-refractivity contribution in [1.29, 1.82) is 10.7 Å². The zero-order chi connectivity index (χ0) is 16.0. The molecule has 0 saturated heterocycles. The molecule has 20 heavy (non-hydrogen) atoms. The number of hydrogen-bond acceptors (Lipinski definition) is 5. The molecule has 0 aliphatic heterocycles. The Labute approximate surface area is 112 Å². The van der Waals surface area contributed by atoms with Gasteiger partial charge in [0.05, 0.1) is 7.11 Å². The second kappa shape index (κ2) is 6.88. The van der Waals surface area contributed by atoms with Crippen LogP contribution >= 0.6 is 0 Å². The van der Waals surface area contributed by atoms with Gasteiger partial charge in [-0.3, -0.25) is 9.96 Å². The minimum Gasteiger partial charge on any atom is -0.497 e. The second-order valence-corrected chi connectivity index (χ2v) is 4.55. The average Bonchev–Trinajstić information content (AvgIpc) is 2.36. The highest BCUT2D eigenvalue weighted by Crippen LogP contribution is 2.20. The molecule has 1 aromatic carbocycles. The van der Waals surface area contributed by atoms with E-state index in [0.29, 0.717) is 5.56 Å². The number of ether oxygens (including phenoxy) is 1. The van der Waals surface area contributed by atoms with E-state index in [9.17, 15) is 13.2 Å². The van der Waals surface area contributed by atoms with Crippen LogP contribution < -0.4 is 4.74 Å². The van der Waals surface area contributed by atoms with Crippen LogP contribution in [-0.2, 0) is 10.1 Å². The van der Waals surface area contributed by atoms with Crippen LogP contribution in [0.15, 0.2) is 24.3 Å². The lowest BCUT2D eigenvalue weighted by molar-refractivity contribution is -0.0510. The van der Waals surface area contributed by atoms with E-state index in [2.05, 4.69) is 0 Å². The molecule has 0 amide bonds. The summed E-state index contributed by atoms with van der Waals surface area (Å²) in [6.07, 6.45) is 0. The largest absolute Gasteiger partial charge is 0.522 e. The first-order valence-electron chi connectivity index (χ1n) is 4.69. The summed E-state index contributed by atoms with van der Waals surface area (Å²) in [6.45, 7) is 0. The van der Waals surface area contributed by atoms with Gasteiger partial charge in [-0.25, -0.2) is 0 Å². The van der Waals surface area contributed by atoms with Crippen molar-refractivity contribution >= 4 is 15.8 Å². The number of nitrogens with one attached hydrogen (secondary N) is 1. The molecule has 0 fully saturated rings. The van der Waals surface area contributed by atoms with Gasteiger partial charge in [-0.05, 0) is 24.3 Å². The van der Waals surface area contributed by atoms with E-state index in [0.717, 1.165) is 5.75 Å². The molecule has 0 aromatic heterocycles. The first-order valence-corrected chi connectivity index (χ1v) is 6.13. The number of halogens is 3. The number of methoxy groups -OCH3 is 1. The molecular formula is C10H9F3N2O4S. The molecule has 6 nitrogen and oxygen atoms in total. The molecule has 0 spiro atoms.